The molecule has 2 fully saturated rings. The van der Waals surface area contributed by atoms with Crippen LogP contribution in [0.25, 0.3) is 0 Å². The number of imide groups is 1. The van der Waals surface area contributed by atoms with Crippen LogP contribution in [0.15, 0.2) is 12.1 Å². The van der Waals surface area contributed by atoms with Crippen LogP contribution in [0.2, 0.25) is 0 Å². The first kappa shape index (κ1) is 20.8. The van der Waals surface area contributed by atoms with Crippen molar-refractivity contribution in [3.8, 4) is 0 Å². The summed E-state index contributed by atoms with van der Waals surface area (Å²) in [6, 6.07) is 1.46. The second-order valence-electron chi connectivity index (χ2n) is 7.10. The Morgan fingerprint density at radius 3 is 2.28 bits per heavy atom. The van der Waals surface area contributed by atoms with E-state index in [1.165, 1.54) is 6.92 Å². The highest BCUT2D eigenvalue weighted by molar-refractivity contribution is 6.07. The predicted octanol–water partition coefficient (Wildman–Crippen LogP) is 2.15. The third kappa shape index (κ3) is 4.10. The van der Waals surface area contributed by atoms with Crippen LogP contribution in [0.4, 0.5) is 18.9 Å². The molecule has 7 nitrogen and oxygen atoms in total. The van der Waals surface area contributed by atoms with E-state index in [4.69, 9.17) is 4.74 Å². The Kier molecular flexibility index (Phi) is 5.90. The molecule has 10 heteroatoms. The zero-order chi connectivity index (χ0) is 21.3. The number of likely N-dealkylation sites (tertiary alicyclic amines) is 1. The smallest absolute Gasteiger partial charge is 0.326 e. The van der Waals surface area contributed by atoms with Crippen LogP contribution in [-0.2, 0) is 23.9 Å². The van der Waals surface area contributed by atoms with Gasteiger partial charge in [-0.1, -0.05) is 12.8 Å². The first-order chi connectivity index (χ1) is 13.7. The molecular weight excluding hydrogens is 393 g/mol. The van der Waals surface area contributed by atoms with Gasteiger partial charge in [-0.2, -0.15) is 0 Å². The van der Waals surface area contributed by atoms with E-state index in [9.17, 15) is 32.3 Å². The summed E-state index contributed by atoms with van der Waals surface area (Å²) in [5.74, 6) is -8.40. The lowest BCUT2D eigenvalue weighted by atomic mass is 9.81. The van der Waals surface area contributed by atoms with Gasteiger partial charge in [0.2, 0.25) is 11.8 Å². The topological polar surface area (TPSA) is 92.8 Å². The zero-order valence-corrected chi connectivity index (χ0v) is 15.5. The second-order valence-corrected chi connectivity index (χ2v) is 7.10. The molecule has 1 N–H and O–H groups in total. The molecule has 1 aromatic carbocycles. The van der Waals surface area contributed by atoms with Gasteiger partial charge in [-0.25, -0.2) is 13.2 Å². The van der Waals surface area contributed by atoms with Crippen LogP contribution in [0.3, 0.4) is 0 Å². The average Bonchev–Trinajstić information content (AvgIpc) is 2.93. The fourth-order valence-electron chi connectivity index (χ4n) is 3.66. The number of nitrogens with one attached hydrogen (secondary N) is 1. The molecule has 1 aromatic rings. The monoisotopic (exact) mass is 412 g/mol. The number of hydrogen-bond donors (Lipinski definition) is 1. The highest BCUT2D eigenvalue weighted by atomic mass is 19.2. The van der Waals surface area contributed by atoms with E-state index in [0.29, 0.717) is 18.9 Å². The van der Waals surface area contributed by atoms with Crippen LogP contribution in [0.5, 0.6) is 0 Å². The van der Waals surface area contributed by atoms with E-state index in [0.717, 1.165) is 23.8 Å². The Bertz CT molecular complexity index is 852. The second kappa shape index (κ2) is 8.22. The fraction of sp³-hybridized carbons (Fsp3) is 0.474. The SMILES string of the molecule is C[C@@H](OC(=O)CN1C(=O)[C@H]2CCCC[C@H]2C1=O)C(=O)Nc1ccc(F)c(F)c1F. The quantitative estimate of drug-likeness (QED) is 0.455. The zero-order valence-electron chi connectivity index (χ0n) is 15.5. The van der Waals surface area contributed by atoms with E-state index in [-0.39, 0.29) is 0 Å². The van der Waals surface area contributed by atoms with Crippen molar-refractivity contribution in [2.45, 2.75) is 38.7 Å². The number of esters is 1. The van der Waals surface area contributed by atoms with Crippen LogP contribution >= 0.6 is 0 Å². The number of hydrogen-bond acceptors (Lipinski definition) is 5. The summed E-state index contributed by atoms with van der Waals surface area (Å²) in [4.78, 5) is 49.7. The van der Waals surface area contributed by atoms with Crippen molar-refractivity contribution in [2.24, 2.45) is 11.8 Å². The van der Waals surface area contributed by atoms with E-state index >= 15 is 0 Å². The molecular formula is C19H19F3N2O5. The molecule has 1 aliphatic heterocycles. The molecule has 3 amide bonds. The number of ether oxygens (including phenoxy) is 1. The lowest BCUT2D eigenvalue weighted by Gasteiger charge is -2.19. The highest BCUT2D eigenvalue weighted by Gasteiger charge is 2.48. The van der Waals surface area contributed by atoms with E-state index < -0.39 is 71.3 Å². The van der Waals surface area contributed by atoms with Crippen molar-refractivity contribution in [3.05, 3.63) is 29.6 Å². The standard InChI is InChI=1S/C19H19F3N2O5/c1-9(17(26)23-13-7-6-12(20)15(21)16(13)22)29-14(25)8-24-18(27)10-4-2-3-5-11(10)19(24)28/h6-7,9-11H,2-5,8H2,1H3,(H,23,26)/t9-,10-,11+/m1/s1. The normalized spacial score (nSPS) is 22.3. The molecule has 2 aliphatic rings. The number of rotatable bonds is 5. The maximum Gasteiger partial charge on any atom is 0.326 e. The minimum Gasteiger partial charge on any atom is -0.451 e. The molecule has 0 bridgehead atoms. The van der Waals surface area contributed by atoms with Gasteiger partial charge in [0.1, 0.15) is 6.54 Å². The van der Waals surface area contributed by atoms with E-state index in [1.54, 1.807) is 0 Å². The van der Waals surface area contributed by atoms with Crippen LogP contribution in [-0.4, -0.2) is 41.2 Å². The summed E-state index contributed by atoms with van der Waals surface area (Å²) < 4.78 is 44.7. The predicted molar refractivity (Wildman–Crippen MR) is 92.7 cm³/mol. The molecule has 0 aromatic heterocycles. The van der Waals surface area contributed by atoms with Gasteiger partial charge >= 0.3 is 5.97 Å². The van der Waals surface area contributed by atoms with Gasteiger partial charge in [-0.15, -0.1) is 0 Å². The molecule has 0 radical (unpaired) electrons. The van der Waals surface area contributed by atoms with Crippen LogP contribution in [0, 0.1) is 29.3 Å². The summed E-state index contributed by atoms with van der Waals surface area (Å²) in [6.07, 6.45) is 1.45. The third-order valence-electron chi connectivity index (χ3n) is 5.19. The van der Waals surface area contributed by atoms with Crippen LogP contribution in [0.1, 0.15) is 32.6 Å². The number of anilines is 1. The van der Waals surface area contributed by atoms with Gasteiger partial charge in [-0.3, -0.25) is 24.1 Å². The number of benzene rings is 1. The fourth-order valence-corrected chi connectivity index (χ4v) is 3.66. The molecule has 156 valence electrons. The summed E-state index contributed by atoms with van der Waals surface area (Å²) in [5.41, 5.74) is -0.620. The summed E-state index contributed by atoms with van der Waals surface area (Å²) in [7, 11) is 0. The highest BCUT2D eigenvalue weighted by Crippen LogP contribution is 2.37. The Morgan fingerprint density at radius 2 is 1.69 bits per heavy atom. The van der Waals surface area contributed by atoms with E-state index in [1.807, 2.05) is 5.32 Å². The molecule has 0 spiro atoms. The molecule has 0 unspecified atom stereocenters. The lowest BCUT2D eigenvalue weighted by molar-refractivity contribution is -0.158. The maximum atomic E-state index is 13.6. The minimum absolute atomic E-state index is 0.416. The van der Waals surface area contributed by atoms with Crippen LogP contribution < -0.4 is 5.32 Å². The van der Waals surface area contributed by atoms with Crippen molar-refractivity contribution in [1.82, 2.24) is 4.90 Å². The number of nitrogens with zero attached hydrogens (tertiary/aromatic N) is 1. The lowest BCUT2D eigenvalue weighted by Crippen LogP contribution is -2.39. The molecule has 29 heavy (non-hydrogen) atoms. The average molecular weight is 412 g/mol. The largest absolute Gasteiger partial charge is 0.451 e. The van der Waals surface area contributed by atoms with Gasteiger partial charge in [0, 0.05) is 0 Å². The van der Waals surface area contributed by atoms with Crippen molar-refractivity contribution in [2.75, 3.05) is 11.9 Å². The molecule has 1 saturated heterocycles. The van der Waals surface area contributed by atoms with Crippen molar-refractivity contribution < 1.29 is 37.1 Å². The maximum absolute atomic E-state index is 13.6. The summed E-state index contributed by atoms with van der Waals surface area (Å²) in [5, 5.41) is 1.99. The molecule has 1 aliphatic carbocycles. The van der Waals surface area contributed by atoms with Gasteiger partial charge < -0.3 is 10.1 Å². The van der Waals surface area contributed by atoms with Crippen molar-refractivity contribution >= 4 is 29.4 Å². The number of carbonyl (C=O) groups excluding carboxylic acids is 4. The minimum atomic E-state index is -1.75. The van der Waals surface area contributed by atoms with Crippen molar-refractivity contribution in [1.29, 1.82) is 0 Å². The first-order valence-corrected chi connectivity index (χ1v) is 9.19. The Hall–Kier alpha value is -2.91. The van der Waals surface area contributed by atoms with Gasteiger partial charge in [0.05, 0.1) is 17.5 Å². The Balaban J connectivity index is 1.58. The van der Waals surface area contributed by atoms with Gasteiger partial charge in [0.25, 0.3) is 5.91 Å². The molecule has 1 heterocycles. The Labute approximate surface area is 164 Å². The number of amides is 3. The molecule has 3 rings (SSSR count). The van der Waals surface area contributed by atoms with Crippen molar-refractivity contribution in [3.63, 3.8) is 0 Å². The number of fused-ring (bicyclic) bond motifs is 1. The molecule has 1 saturated carbocycles. The first-order valence-electron chi connectivity index (χ1n) is 9.19. The Morgan fingerprint density at radius 1 is 1.10 bits per heavy atom. The summed E-state index contributed by atoms with van der Waals surface area (Å²) in [6.45, 7) is 0.556. The molecule has 3 atom stereocenters. The third-order valence-corrected chi connectivity index (χ3v) is 5.19. The van der Waals surface area contributed by atoms with E-state index in [2.05, 4.69) is 0 Å². The number of carbonyl (C=O) groups is 4. The van der Waals surface area contributed by atoms with Gasteiger partial charge in [-0.05, 0) is 31.9 Å². The number of halogens is 3. The summed E-state index contributed by atoms with van der Waals surface area (Å²) >= 11 is 0. The van der Waals surface area contributed by atoms with Gasteiger partial charge in [0.15, 0.2) is 23.6 Å².